The van der Waals surface area contributed by atoms with Crippen molar-refractivity contribution < 1.29 is 14.7 Å². The Hall–Kier alpha value is -1.92. The molecule has 1 aliphatic rings. The lowest BCUT2D eigenvalue weighted by molar-refractivity contribution is -0.138. The molecular weight excluding hydrogens is 354 g/mol. The third-order valence-electron chi connectivity index (χ3n) is 5.59. The first-order valence-electron chi connectivity index (χ1n) is 10.5. The van der Waals surface area contributed by atoms with Gasteiger partial charge in [0, 0.05) is 31.2 Å². The largest absolute Gasteiger partial charge is 0.480 e. The van der Waals surface area contributed by atoms with Gasteiger partial charge in [-0.05, 0) is 63.5 Å². The standard InChI is InChI=1S/C22H35N3O3/c1-4-13-24(5-2)16-18-8-10-19(11-9-18)22(28)25-14-6-7-20(12-15-25)23(3)17-21(26)27/h8-11,20H,4-7,12-17H2,1-3H3,(H,26,27). The number of rotatable bonds is 9. The summed E-state index contributed by atoms with van der Waals surface area (Å²) in [6, 6.07) is 8.22. The molecule has 0 aliphatic carbocycles. The first-order chi connectivity index (χ1) is 13.4. The van der Waals surface area contributed by atoms with E-state index >= 15 is 0 Å². The minimum atomic E-state index is -0.805. The summed E-state index contributed by atoms with van der Waals surface area (Å²) < 4.78 is 0. The van der Waals surface area contributed by atoms with E-state index in [1.807, 2.05) is 29.0 Å². The smallest absolute Gasteiger partial charge is 0.317 e. The molecular formula is C22H35N3O3. The van der Waals surface area contributed by atoms with Crippen molar-refractivity contribution >= 4 is 11.9 Å². The molecule has 1 aromatic rings. The van der Waals surface area contributed by atoms with Gasteiger partial charge in [0.25, 0.3) is 5.91 Å². The van der Waals surface area contributed by atoms with E-state index in [2.05, 4.69) is 30.9 Å². The van der Waals surface area contributed by atoms with Gasteiger partial charge in [-0.3, -0.25) is 19.4 Å². The number of carbonyl (C=O) groups is 2. The van der Waals surface area contributed by atoms with Crippen molar-refractivity contribution in [2.24, 2.45) is 0 Å². The predicted octanol–water partition coefficient (Wildman–Crippen LogP) is 2.93. The molecule has 1 aliphatic heterocycles. The Kier molecular flexibility index (Phi) is 8.93. The fraction of sp³-hybridized carbons (Fsp3) is 0.636. The van der Waals surface area contributed by atoms with Gasteiger partial charge < -0.3 is 10.0 Å². The highest BCUT2D eigenvalue weighted by Gasteiger charge is 2.24. The van der Waals surface area contributed by atoms with Crippen LogP contribution in [0, 0.1) is 0 Å². The van der Waals surface area contributed by atoms with Crippen LogP contribution in [0.2, 0.25) is 0 Å². The van der Waals surface area contributed by atoms with Crippen LogP contribution in [-0.4, -0.2) is 77.5 Å². The van der Waals surface area contributed by atoms with Crippen molar-refractivity contribution in [3.8, 4) is 0 Å². The first kappa shape index (κ1) is 22.4. The van der Waals surface area contributed by atoms with Crippen LogP contribution < -0.4 is 0 Å². The molecule has 1 heterocycles. The van der Waals surface area contributed by atoms with Gasteiger partial charge in [-0.15, -0.1) is 0 Å². The molecule has 0 saturated carbocycles. The zero-order valence-electron chi connectivity index (χ0n) is 17.6. The number of benzene rings is 1. The highest BCUT2D eigenvalue weighted by atomic mass is 16.4. The van der Waals surface area contributed by atoms with Crippen LogP contribution in [0.4, 0.5) is 0 Å². The molecule has 6 nitrogen and oxygen atoms in total. The highest BCUT2D eigenvalue weighted by Crippen LogP contribution is 2.18. The van der Waals surface area contributed by atoms with Crippen LogP contribution in [0.1, 0.15) is 55.5 Å². The van der Waals surface area contributed by atoms with E-state index in [-0.39, 0.29) is 18.5 Å². The third-order valence-corrected chi connectivity index (χ3v) is 5.59. The van der Waals surface area contributed by atoms with Crippen molar-refractivity contribution in [1.82, 2.24) is 14.7 Å². The van der Waals surface area contributed by atoms with E-state index in [1.54, 1.807) is 0 Å². The first-order valence-corrected chi connectivity index (χ1v) is 10.5. The fourth-order valence-corrected chi connectivity index (χ4v) is 3.92. The number of nitrogens with zero attached hydrogens (tertiary/aromatic N) is 3. The normalized spacial score (nSPS) is 17.8. The van der Waals surface area contributed by atoms with E-state index in [9.17, 15) is 9.59 Å². The molecule has 0 bridgehead atoms. The molecule has 1 aromatic carbocycles. The van der Waals surface area contributed by atoms with Crippen LogP contribution >= 0.6 is 0 Å². The zero-order chi connectivity index (χ0) is 20.5. The number of hydrogen-bond donors (Lipinski definition) is 1. The number of aliphatic carboxylic acids is 1. The van der Waals surface area contributed by atoms with Gasteiger partial charge in [-0.1, -0.05) is 26.0 Å². The maximum Gasteiger partial charge on any atom is 0.317 e. The van der Waals surface area contributed by atoms with Crippen LogP contribution in [0.25, 0.3) is 0 Å². The molecule has 0 aromatic heterocycles. The molecule has 0 spiro atoms. The average molecular weight is 390 g/mol. The number of carboxylic acids is 1. The Balaban J connectivity index is 1.93. The van der Waals surface area contributed by atoms with Gasteiger partial charge in [0.2, 0.25) is 0 Å². The summed E-state index contributed by atoms with van der Waals surface area (Å²) in [6.07, 6.45) is 3.79. The fourth-order valence-electron chi connectivity index (χ4n) is 3.92. The molecule has 1 amide bonds. The SMILES string of the molecule is CCCN(CC)Cc1ccc(C(=O)N2CCCC(N(C)CC(=O)O)CC2)cc1. The summed E-state index contributed by atoms with van der Waals surface area (Å²) in [4.78, 5) is 30.1. The van der Waals surface area contributed by atoms with E-state index in [0.29, 0.717) is 6.54 Å². The van der Waals surface area contributed by atoms with Gasteiger partial charge in [0.15, 0.2) is 0 Å². The number of likely N-dealkylation sites (tertiary alicyclic amines) is 1. The molecule has 2 rings (SSSR count). The minimum absolute atomic E-state index is 0.0485. The Morgan fingerprint density at radius 2 is 1.86 bits per heavy atom. The molecule has 1 atom stereocenters. The maximum atomic E-state index is 12.9. The number of hydrogen-bond acceptors (Lipinski definition) is 4. The Bertz CT molecular complexity index is 632. The van der Waals surface area contributed by atoms with Crippen molar-refractivity contribution in [3.63, 3.8) is 0 Å². The zero-order valence-corrected chi connectivity index (χ0v) is 17.6. The van der Waals surface area contributed by atoms with Gasteiger partial charge >= 0.3 is 5.97 Å². The Morgan fingerprint density at radius 3 is 2.46 bits per heavy atom. The van der Waals surface area contributed by atoms with Crippen LogP contribution in [-0.2, 0) is 11.3 Å². The number of amides is 1. The summed E-state index contributed by atoms with van der Waals surface area (Å²) in [5.41, 5.74) is 1.97. The van der Waals surface area contributed by atoms with Gasteiger partial charge in [-0.25, -0.2) is 0 Å². The van der Waals surface area contributed by atoms with E-state index in [0.717, 1.165) is 57.4 Å². The number of carboxylic acid groups (broad SMARTS) is 1. The lowest BCUT2D eigenvalue weighted by atomic mass is 10.1. The van der Waals surface area contributed by atoms with Gasteiger partial charge in [-0.2, -0.15) is 0 Å². The molecule has 1 saturated heterocycles. The maximum absolute atomic E-state index is 12.9. The number of carbonyl (C=O) groups excluding carboxylic acids is 1. The predicted molar refractivity (Wildman–Crippen MR) is 111 cm³/mol. The van der Waals surface area contributed by atoms with Crippen molar-refractivity contribution in [2.75, 3.05) is 39.8 Å². The van der Waals surface area contributed by atoms with Crippen molar-refractivity contribution in [2.45, 2.75) is 52.1 Å². The molecule has 1 unspecified atom stereocenters. The average Bonchev–Trinajstić information content (AvgIpc) is 2.93. The van der Waals surface area contributed by atoms with E-state index in [1.165, 1.54) is 5.56 Å². The van der Waals surface area contributed by atoms with Gasteiger partial charge in [0.1, 0.15) is 0 Å². The van der Waals surface area contributed by atoms with Crippen LogP contribution in [0.5, 0.6) is 0 Å². The molecule has 28 heavy (non-hydrogen) atoms. The van der Waals surface area contributed by atoms with Crippen molar-refractivity contribution in [3.05, 3.63) is 35.4 Å². The van der Waals surface area contributed by atoms with Crippen LogP contribution in [0.3, 0.4) is 0 Å². The minimum Gasteiger partial charge on any atom is -0.480 e. The Labute approximate surface area is 169 Å². The Morgan fingerprint density at radius 1 is 1.14 bits per heavy atom. The molecule has 6 heteroatoms. The highest BCUT2D eigenvalue weighted by molar-refractivity contribution is 5.94. The van der Waals surface area contributed by atoms with Crippen molar-refractivity contribution in [1.29, 1.82) is 0 Å². The summed E-state index contributed by atoms with van der Waals surface area (Å²) in [6.45, 7) is 8.85. The summed E-state index contributed by atoms with van der Waals surface area (Å²) in [5, 5.41) is 8.99. The second kappa shape index (κ2) is 11.2. The monoisotopic (exact) mass is 389 g/mol. The lowest BCUT2D eigenvalue weighted by Gasteiger charge is -2.25. The topological polar surface area (TPSA) is 64.1 Å². The summed E-state index contributed by atoms with van der Waals surface area (Å²) in [5.74, 6) is -0.727. The second-order valence-corrected chi connectivity index (χ2v) is 7.75. The molecule has 1 fully saturated rings. The molecule has 156 valence electrons. The lowest BCUT2D eigenvalue weighted by Crippen LogP contribution is -2.37. The number of likely N-dealkylation sites (N-methyl/N-ethyl adjacent to an activating group) is 1. The molecule has 1 N–H and O–H groups in total. The van der Waals surface area contributed by atoms with E-state index in [4.69, 9.17) is 5.11 Å². The quantitative estimate of drug-likeness (QED) is 0.704. The third kappa shape index (κ3) is 6.60. The second-order valence-electron chi connectivity index (χ2n) is 7.75. The summed E-state index contributed by atoms with van der Waals surface area (Å²) in [7, 11) is 1.85. The van der Waals surface area contributed by atoms with Gasteiger partial charge in [0.05, 0.1) is 6.54 Å². The molecule has 0 radical (unpaired) electrons. The van der Waals surface area contributed by atoms with Crippen LogP contribution in [0.15, 0.2) is 24.3 Å². The summed E-state index contributed by atoms with van der Waals surface area (Å²) >= 11 is 0. The van der Waals surface area contributed by atoms with E-state index < -0.39 is 5.97 Å².